The molecule has 1 atom stereocenters. The first-order valence-corrected chi connectivity index (χ1v) is 3.23. The van der Waals surface area contributed by atoms with Crippen molar-refractivity contribution < 1.29 is 25.8 Å². The fourth-order valence-electron chi connectivity index (χ4n) is 0.278. The molecule has 0 aromatic carbocycles. The highest BCUT2D eigenvalue weighted by Crippen LogP contribution is 2.45. The Balaban J connectivity index is 2.87. The summed E-state index contributed by atoms with van der Waals surface area (Å²) in [5.74, 6) is 0. The fraction of sp³-hybridized carbons (Fsp3) is 1.00. The van der Waals surface area contributed by atoms with Crippen LogP contribution in [0, 0.1) is 0 Å². The Labute approximate surface area is 48.5 Å². The van der Waals surface area contributed by atoms with Crippen LogP contribution in [0.15, 0.2) is 0 Å². The predicted octanol–water partition coefficient (Wildman–Crippen LogP) is 0.235. The summed E-state index contributed by atoms with van der Waals surface area (Å²) in [5, 5.41) is -3.72. The Bertz CT molecular complexity index is 221. The van der Waals surface area contributed by atoms with Gasteiger partial charge < -0.3 is 0 Å². The van der Waals surface area contributed by atoms with Crippen molar-refractivity contribution in [2.24, 2.45) is 0 Å². The Morgan fingerprint density at radius 1 is 1.44 bits per heavy atom. The average Bonchev–Trinajstić information content (AvgIpc) is 2.08. The van der Waals surface area contributed by atoms with Crippen LogP contribution in [0.3, 0.4) is 0 Å². The molecule has 0 bridgehead atoms. The van der Waals surface area contributed by atoms with Crippen LogP contribution in [-0.2, 0) is 14.3 Å². The van der Waals surface area contributed by atoms with Crippen LogP contribution in [-0.4, -0.2) is 20.0 Å². The highest BCUT2D eigenvalue weighted by Gasteiger charge is 2.73. The molecular formula is C2HF3O3S. The minimum Gasteiger partial charge on any atom is -0.203 e. The first kappa shape index (κ1) is 6.81. The fourth-order valence-corrected chi connectivity index (χ4v) is 1.00. The van der Waals surface area contributed by atoms with E-state index < -0.39 is 21.7 Å². The monoisotopic (exact) mass is 162 g/mol. The molecule has 0 aliphatic carbocycles. The zero-order valence-electron chi connectivity index (χ0n) is 3.84. The summed E-state index contributed by atoms with van der Waals surface area (Å²) in [4.78, 5) is 0. The largest absolute Gasteiger partial charge is 0.410 e. The highest BCUT2D eigenvalue weighted by molar-refractivity contribution is 7.93. The topological polar surface area (TPSA) is 46.7 Å². The predicted molar refractivity (Wildman–Crippen MR) is 19.8 cm³/mol. The minimum absolute atomic E-state index is 3.11. The quantitative estimate of drug-likeness (QED) is 0.518. The van der Waals surface area contributed by atoms with Crippen molar-refractivity contribution in [3.63, 3.8) is 0 Å². The second kappa shape index (κ2) is 1.40. The van der Waals surface area contributed by atoms with Crippen molar-refractivity contribution >= 4 is 10.1 Å². The van der Waals surface area contributed by atoms with Gasteiger partial charge in [0.1, 0.15) is 0 Å². The van der Waals surface area contributed by atoms with Crippen LogP contribution in [0.5, 0.6) is 0 Å². The van der Waals surface area contributed by atoms with Gasteiger partial charge in [-0.25, -0.2) is 13.0 Å². The molecule has 0 amide bonds. The van der Waals surface area contributed by atoms with E-state index in [0.29, 0.717) is 0 Å². The first-order chi connectivity index (χ1) is 3.90. The third-order valence-electron chi connectivity index (χ3n) is 0.799. The molecule has 0 aromatic rings. The molecule has 1 aliphatic heterocycles. The lowest BCUT2D eigenvalue weighted by atomic mass is 10.7. The number of alkyl halides is 3. The SMILES string of the molecule is O=S1(=O)OC1(F)C(F)F. The molecule has 54 valence electrons. The number of hydrogen-bond acceptors (Lipinski definition) is 3. The zero-order valence-corrected chi connectivity index (χ0v) is 4.66. The molecule has 1 heterocycles. The van der Waals surface area contributed by atoms with Crippen molar-refractivity contribution in [2.45, 2.75) is 11.6 Å². The molecule has 9 heavy (non-hydrogen) atoms. The Kier molecular flexibility index (Phi) is 1.06. The van der Waals surface area contributed by atoms with Gasteiger partial charge in [0.25, 0.3) is 0 Å². The second-order valence-electron chi connectivity index (χ2n) is 1.42. The Morgan fingerprint density at radius 2 is 1.78 bits per heavy atom. The van der Waals surface area contributed by atoms with Crippen LogP contribution in [0.4, 0.5) is 13.2 Å². The van der Waals surface area contributed by atoms with E-state index in [1.807, 2.05) is 0 Å². The van der Waals surface area contributed by atoms with Crippen molar-refractivity contribution in [1.29, 1.82) is 0 Å². The van der Waals surface area contributed by atoms with Crippen molar-refractivity contribution in [2.75, 3.05) is 0 Å². The maximum Gasteiger partial charge on any atom is 0.410 e. The van der Waals surface area contributed by atoms with Gasteiger partial charge in [0, 0.05) is 0 Å². The van der Waals surface area contributed by atoms with E-state index in [1.165, 1.54) is 0 Å². The van der Waals surface area contributed by atoms with Gasteiger partial charge in [-0.3, -0.25) is 0 Å². The summed E-state index contributed by atoms with van der Waals surface area (Å²) in [6, 6.07) is 0. The molecule has 0 N–H and O–H groups in total. The van der Waals surface area contributed by atoms with E-state index >= 15 is 0 Å². The lowest BCUT2D eigenvalue weighted by molar-refractivity contribution is -0.0318. The molecule has 1 aliphatic rings. The van der Waals surface area contributed by atoms with Gasteiger partial charge in [-0.1, -0.05) is 0 Å². The summed E-state index contributed by atoms with van der Waals surface area (Å²) in [6.45, 7) is 0. The maximum atomic E-state index is 11.8. The molecule has 0 spiro atoms. The maximum absolute atomic E-state index is 11.8. The second-order valence-corrected chi connectivity index (χ2v) is 3.05. The van der Waals surface area contributed by atoms with Gasteiger partial charge in [-0.2, -0.15) is 12.8 Å². The van der Waals surface area contributed by atoms with E-state index in [2.05, 4.69) is 4.18 Å². The third-order valence-corrected chi connectivity index (χ3v) is 2.05. The number of halogens is 3. The lowest BCUT2D eigenvalue weighted by Crippen LogP contribution is -2.16. The minimum atomic E-state index is -4.57. The summed E-state index contributed by atoms with van der Waals surface area (Å²) in [5.41, 5.74) is 0. The van der Waals surface area contributed by atoms with E-state index in [1.54, 1.807) is 0 Å². The summed E-state index contributed by atoms with van der Waals surface area (Å²) in [7, 11) is -4.57. The first-order valence-electron chi connectivity index (χ1n) is 1.82. The Morgan fingerprint density at radius 3 is 1.78 bits per heavy atom. The van der Waals surface area contributed by atoms with Crippen LogP contribution < -0.4 is 0 Å². The van der Waals surface area contributed by atoms with Gasteiger partial charge in [0.15, 0.2) is 0 Å². The van der Waals surface area contributed by atoms with Crippen molar-refractivity contribution in [1.82, 2.24) is 0 Å². The third kappa shape index (κ3) is 0.715. The number of hydrogen-bond donors (Lipinski definition) is 0. The smallest absolute Gasteiger partial charge is 0.203 e. The molecule has 1 rings (SSSR count). The molecular weight excluding hydrogens is 161 g/mol. The summed E-state index contributed by atoms with van der Waals surface area (Å²) < 4.78 is 56.9. The Hall–Kier alpha value is -0.300. The van der Waals surface area contributed by atoms with Crippen LogP contribution in [0.25, 0.3) is 0 Å². The van der Waals surface area contributed by atoms with Crippen LogP contribution in [0.1, 0.15) is 0 Å². The van der Waals surface area contributed by atoms with Crippen molar-refractivity contribution in [3.05, 3.63) is 0 Å². The molecule has 0 saturated carbocycles. The molecule has 0 aromatic heterocycles. The zero-order chi connectivity index (χ0) is 7.28. The van der Waals surface area contributed by atoms with E-state index in [4.69, 9.17) is 0 Å². The highest BCUT2D eigenvalue weighted by atomic mass is 32.2. The molecule has 0 radical (unpaired) electrons. The van der Waals surface area contributed by atoms with Gasteiger partial charge in [0.05, 0.1) is 0 Å². The van der Waals surface area contributed by atoms with Crippen molar-refractivity contribution in [3.8, 4) is 0 Å². The standard InChI is InChI=1S/C2HF3O3S/c3-1(4)2(5)8-9(2,6)7/h1H. The average molecular weight is 162 g/mol. The molecule has 1 fully saturated rings. The normalized spacial score (nSPS) is 39.1. The summed E-state index contributed by atoms with van der Waals surface area (Å²) in [6.07, 6.45) is -3.62. The van der Waals surface area contributed by atoms with Crippen LogP contribution >= 0.6 is 0 Å². The molecule has 3 nitrogen and oxygen atoms in total. The van der Waals surface area contributed by atoms with E-state index in [0.717, 1.165) is 0 Å². The molecule has 7 heteroatoms. The summed E-state index contributed by atoms with van der Waals surface area (Å²) >= 11 is 0. The van der Waals surface area contributed by atoms with Gasteiger partial charge in [-0.05, 0) is 0 Å². The van der Waals surface area contributed by atoms with Gasteiger partial charge in [0.2, 0.25) is 0 Å². The lowest BCUT2D eigenvalue weighted by Gasteiger charge is -1.89. The van der Waals surface area contributed by atoms with E-state index in [-0.39, 0.29) is 0 Å². The molecule has 1 saturated heterocycles. The van der Waals surface area contributed by atoms with Gasteiger partial charge in [-0.15, -0.1) is 0 Å². The molecule has 1 unspecified atom stereocenters. The van der Waals surface area contributed by atoms with E-state index in [9.17, 15) is 21.6 Å². The van der Waals surface area contributed by atoms with Gasteiger partial charge >= 0.3 is 21.7 Å². The number of rotatable bonds is 1. The van der Waals surface area contributed by atoms with Crippen LogP contribution in [0.2, 0.25) is 0 Å².